The molecule has 0 aliphatic carbocycles. The van der Waals surface area contributed by atoms with Gasteiger partial charge in [-0.2, -0.15) is 0 Å². The lowest BCUT2D eigenvalue weighted by atomic mass is 10.0. The molecule has 0 spiro atoms. The van der Waals surface area contributed by atoms with Gasteiger partial charge in [0.15, 0.2) is 0 Å². The van der Waals surface area contributed by atoms with Crippen LogP contribution in [0, 0.1) is 5.82 Å². The Labute approximate surface area is 242 Å². The molecular formula is C31H38FN3O5S. The second-order valence-electron chi connectivity index (χ2n) is 10.7. The van der Waals surface area contributed by atoms with Crippen LogP contribution in [0.4, 0.5) is 10.1 Å². The minimum Gasteiger partial charge on any atom is -0.492 e. The maximum absolute atomic E-state index is 14.9. The highest BCUT2D eigenvalue weighted by molar-refractivity contribution is 7.92. The van der Waals surface area contributed by atoms with Crippen molar-refractivity contribution >= 4 is 27.5 Å². The number of nitrogens with zero attached hydrogens (tertiary/aromatic N) is 2. The Morgan fingerprint density at radius 2 is 1.56 bits per heavy atom. The first-order valence-electron chi connectivity index (χ1n) is 13.4. The molecule has 1 unspecified atom stereocenters. The number of ether oxygens (including phenoxy) is 1. The fourth-order valence-electron chi connectivity index (χ4n) is 4.35. The quantitative estimate of drug-likeness (QED) is 0.338. The summed E-state index contributed by atoms with van der Waals surface area (Å²) in [7, 11) is -3.97. The number of benzene rings is 3. The van der Waals surface area contributed by atoms with Gasteiger partial charge >= 0.3 is 0 Å². The van der Waals surface area contributed by atoms with Crippen LogP contribution in [-0.2, 0) is 32.6 Å². The highest BCUT2D eigenvalue weighted by Gasteiger charge is 2.35. The molecule has 1 atom stereocenters. The largest absolute Gasteiger partial charge is 0.492 e. The van der Waals surface area contributed by atoms with Gasteiger partial charge in [0, 0.05) is 24.1 Å². The monoisotopic (exact) mass is 583 g/mol. The van der Waals surface area contributed by atoms with Gasteiger partial charge in [0.25, 0.3) is 0 Å². The van der Waals surface area contributed by atoms with Crippen LogP contribution in [0.15, 0.2) is 78.9 Å². The molecule has 0 aliphatic heterocycles. The van der Waals surface area contributed by atoms with E-state index < -0.39 is 45.8 Å². The van der Waals surface area contributed by atoms with E-state index in [-0.39, 0.29) is 30.8 Å². The van der Waals surface area contributed by atoms with Crippen LogP contribution < -0.4 is 14.4 Å². The Hall–Kier alpha value is -3.92. The predicted octanol–water partition coefficient (Wildman–Crippen LogP) is 4.55. The van der Waals surface area contributed by atoms with E-state index in [2.05, 4.69) is 5.32 Å². The zero-order valence-electron chi connectivity index (χ0n) is 24.1. The number of anilines is 1. The van der Waals surface area contributed by atoms with E-state index in [9.17, 15) is 22.4 Å². The fourth-order valence-corrected chi connectivity index (χ4v) is 5.21. The van der Waals surface area contributed by atoms with Gasteiger partial charge in [-0.25, -0.2) is 12.8 Å². The average molecular weight is 584 g/mol. The number of nitrogens with one attached hydrogen (secondary N) is 1. The molecule has 8 nitrogen and oxygen atoms in total. The summed E-state index contributed by atoms with van der Waals surface area (Å²) in [5.74, 6) is -1.36. The molecule has 220 valence electrons. The molecule has 10 heteroatoms. The summed E-state index contributed by atoms with van der Waals surface area (Å²) in [5, 5.41) is 2.94. The lowest BCUT2D eigenvalue weighted by molar-refractivity contribution is -0.140. The van der Waals surface area contributed by atoms with Gasteiger partial charge in [0.2, 0.25) is 21.8 Å². The summed E-state index contributed by atoms with van der Waals surface area (Å²) in [6, 6.07) is 20.6. The Morgan fingerprint density at radius 3 is 2.17 bits per heavy atom. The van der Waals surface area contributed by atoms with Crippen molar-refractivity contribution in [3.05, 3.63) is 95.8 Å². The van der Waals surface area contributed by atoms with Gasteiger partial charge in [0.1, 0.15) is 24.2 Å². The topological polar surface area (TPSA) is 96.0 Å². The number of sulfonamides is 1. The SMILES string of the molecule is CCOc1ccccc1N(CC(=O)N(Cc1ccccc1F)C(Cc1ccccc1)C(=O)NC(C)(C)C)S(C)(=O)=O. The normalized spacial score (nSPS) is 12.3. The molecule has 2 amide bonds. The highest BCUT2D eigenvalue weighted by atomic mass is 32.2. The molecule has 3 aromatic carbocycles. The Bertz CT molecular complexity index is 1440. The fraction of sp³-hybridized carbons (Fsp3) is 0.355. The third kappa shape index (κ3) is 9.04. The van der Waals surface area contributed by atoms with Gasteiger partial charge in [-0.05, 0) is 51.5 Å². The number of carbonyl (C=O) groups excluding carboxylic acids is 2. The number of hydrogen-bond acceptors (Lipinski definition) is 5. The maximum atomic E-state index is 14.9. The molecule has 0 aliphatic rings. The minimum atomic E-state index is -3.97. The number of para-hydroxylation sites is 2. The van der Waals surface area contributed by atoms with E-state index >= 15 is 0 Å². The van der Waals surface area contributed by atoms with Crippen molar-refractivity contribution in [2.75, 3.05) is 23.7 Å². The standard InChI is InChI=1S/C31H38FN3O5S/c1-6-40-28-19-13-12-18-26(28)35(41(5,38)39)22-29(36)34(21-24-16-10-11-17-25(24)32)27(30(37)33-31(2,3)4)20-23-14-8-7-9-15-23/h7-19,27H,6,20-22H2,1-5H3,(H,33,37). The van der Waals surface area contributed by atoms with Gasteiger partial charge in [-0.15, -0.1) is 0 Å². The Kier molecular flexibility index (Phi) is 10.5. The van der Waals surface area contributed by atoms with E-state index in [0.717, 1.165) is 16.1 Å². The number of carbonyl (C=O) groups is 2. The number of amides is 2. The first kappa shape index (κ1) is 31.6. The van der Waals surface area contributed by atoms with Gasteiger partial charge in [-0.3, -0.25) is 13.9 Å². The Balaban J connectivity index is 2.11. The summed E-state index contributed by atoms with van der Waals surface area (Å²) in [5.41, 5.74) is 0.556. The van der Waals surface area contributed by atoms with Gasteiger partial charge in [0.05, 0.1) is 18.6 Å². The van der Waals surface area contributed by atoms with Crippen molar-refractivity contribution in [3.63, 3.8) is 0 Å². The first-order chi connectivity index (χ1) is 19.3. The molecule has 0 saturated carbocycles. The summed E-state index contributed by atoms with van der Waals surface area (Å²) >= 11 is 0. The van der Waals surface area contributed by atoms with Crippen LogP contribution in [0.3, 0.4) is 0 Å². The van der Waals surface area contributed by atoms with Crippen LogP contribution in [0.2, 0.25) is 0 Å². The van der Waals surface area contributed by atoms with Crippen molar-refractivity contribution in [1.82, 2.24) is 10.2 Å². The molecule has 41 heavy (non-hydrogen) atoms. The minimum absolute atomic E-state index is 0.136. The van der Waals surface area contributed by atoms with E-state index in [1.807, 2.05) is 51.1 Å². The van der Waals surface area contributed by atoms with E-state index in [0.29, 0.717) is 5.75 Å². The molecule has 0 heterocycles. The van der Waals surface area contributed by atoms with Gasteiger partial charge < -0.3 is 15.0 Å². The van der Waals surface area contributed by atoms with Crippen LogP contribution in [0.1, 0.15) is 38.8 Å². The average Bonchev–Trinajstić information content (AvgIpc) is 2.90. The zero-order valence-corrected chi connectivity index (χ0v) is 24.9. The molecule has 0 aromatic heterocycles. The van der Waals surface area contributed by atoms with Crippen LogP contribution in [-0.4, -0.2) is 56.1 Å². The number of hydrogen-bond donors (Lipinski definition) is 1. The molecule has 3 rings (SSSR count). The van der Waals surface area contributed by atoms with E-state index in [4.69, 9.17) is 4.74 Å². The lowest BCUT2D eigenvalue weighted by Gasteiger charge is -2.35. The molecule has 0 bridgehead atoms. The van der Waals surface area contributed by atoms with Crippen molar-refractivity contribution < 1.29 is 27.1 Å². The Morgan fingerprint density at radius 1 is 0.951 bits per heavy atom. The van der Waals surface area contributed by atoms with Crippen molar-refractivity contribution in [2.24, 2.45) is 0 Å². The molecule has 0 fully saturated rings. The zero-order chi connectivity index (χ0) is 30.2. The second-order valence-corrected chi connectivity index (χ2v) is 12.6. The predicted molar refractivity (Wildman–Crippen MR) is 159 cm³/mol. The number of halogens is 1. The molecule has 3 aromatic rings. The summed E-state index contributed by atoms with van der Waals surface area (Å²) in [4.78, 5) is 29.1. The second kappa shape index (κ2) is 13.6. The summed E-state index contributed by atoms with van der Waals surface area (Å²) < 4.78 is 47.5. The van der Waals surface area contributed by atoms with Crippen LogP contribution >= 0.6 is 0 Å². The molecule has 1 N–H and O–H groups in total. The first-order valence-corrected chi connectivity index (χ1v) is 15.2. The molecular weight excluding hydrogens is 545 g/mol. The van der Waals surface area contributed by atoms with Crippen molar-refractivity contribution in [3.8, 4) is 5.75 Å². The molecule has 0 radical (unpaired) electrons. The van der Waals surface area contributed by atoms with Crippen molar-refractivity contribution in [1.29, 1.82) is 0 Å². The van der Waals surface area contributed by atoms with Crippen LogP contribution in [0.25, 0.3) is 0 Å². The third-order valence-corrected chi connectivity index (χ3v) is 7.31. The lowest BCUT2D eigenvalue weighted by Crippen LogP contribution is -2.56. The van der Waals surface area contributed by atoms with E-state index in [1.165, 1.54) is 23.1 Å². The number of rotatable bonds is 12. The van der Waals surface area contributed by atoms with E-state index in [1.54, 1.807) is 37.3 Å². The molecule has 0 saturated heterocycles. The van der Waals surface area contributed by atoms with Crippen molar-refractivity contribution in [2.45, 2.75) is 52.2 Å². The van der Waals surface area contributed by atoms with Gasteiger partial charge in [-0.1, -0.05) is 60.7 Å². The highest BCUT2D eigenvalue weighted by Crippen LogP contribution is 2.30. The smallest absolute Gasteiger partial charge is 0.244 e. The summed E-state index contributed by atoms with van der Waals surface area (Å²) in [6.45, 7) is 6.66. The van der Waals surface area contributed by atoms with Crippen LogP contribution in [0.5, 0.6) is 5.75 Å². The third-order valence-electron chi connectivity index (χ3n) is 6.18. The maximum Gasteiger partial charge on any atom is 0.244 e. The summed E-state index contributed by atoms with van der Waals surface area (Å²) in [6.07, 6.45) is 1.13.